The Bertz CT molecular complexity index is 841. The predicted molar refractivity (Wildman–Crippen MR) is 108 cm³/mol. The van der Waals surface area contributed by atoms with E-state index in [1.807, 2.05) is 13.8 Å². The number of carbonyl (C=O) groups is 1. The van der Waals surface area contributed by atoms with Gasteiger partial charge < -0.3 is 5.32 Å². The Hall–Kier alpha value is -1.86. The number of sulfonamides is 1. The Morgan fingerprint density at radius 1 is 1.15 bits per heavy atom. The van der Waals surface area contributed by atoms with E-state index in [2.05, 4.69) is 21.2 Å². The topological polar surface area (TPSA) is 66.5 Å². The average molecular weight is 439 g/mol. The van der Waals surface area contributed by atoms with E-state index in [9.17, 15) is 13.2 Å². The number of rotatable bonds is 8. The maximum Gasteiger partial charge on any atom is 0.264 e. The summed E-state index contributed by atoms with van der Waals surface area (Å²) in [7, 11) is -3.86. The molecule has 0 aromatic heterocycles. The first kappa shape index (κ1) is 20.5. The van der Waals surface area contributed by atoms with Gasteiger partial charge in [0.2, 0.25) is 5.91 Å². The van der Waals surface area contributed by atoms with Crippen LogP contribution in [0.5, 0.6) is 0 Å². The minimum atomic E-state index is -3.86. The summed E-state index contributed by atoms with van der Waals surface area (Å²) in [5.41, 5.74) is 0.432. The smallest absolute Gasteiger partial charge is 0.264 e. The summed E-state index contributed by atoms with van der Waals surface area (Å²) in [6.45, 7) is 3.68. The van der Waals surface area contributed by atoms with Crippen LogP contribution in [0.15, 0.2) is 64.0 Å². The van der Waals surface area contributed by atoms with Crippen LogP contribution >= 0.6 is 15.9 Å². The van der Waals surface area contributed by atoms with Gasteiger partial charge in [0.25, 0.3) is 10.0 Å². The van der Waals surface area contributed by atoms with Crippen molar-refractivity contribution >= 4 is 37.5 Å². The van der Waals surface area contributed by atoms with Crippen LogP contribution in [0, 0.1) is 0 Å². The van der Waals surface area contributed by atoms with Crippen LogP contribution in [0.2, 0.25) is 0 Å². The molecular formula is C19H23BrN2O3S. The fraction of sp³-hybridized carbons (Fsp3) is 0.316. The van der Waals surface area contributed by atoms with Crippen LogP contribution in [0.25, 0.3) is 0 Å². The van der Waals surface area contributed by atoms with E-state index >= 15 is 0 Å². The van der Waals surface area contributed by atoms with Crippen molar-refractivity contribution in [1.29, 1.82) is 0 Å². The van der Waals surface area contributed by atoms with Crippen molar-refractivity contribution in [2.45, 2.75) is 37.6 Å². The van der Waals surface area contributed by atoms with Crippen LogP contribution in [0.3, 0.4) is 0 Å². The van der Waals surface area contributed by atoms with Gasteiger partial charge in [-0.3, -0.25) is 9.10 Å². The van der Waals surface area contributed by atoms with E-state index in [1.165, 1.54) is 12.1 Å². The number of hydrogen-bond donors (Lipinski definition) is 1. The molecule has 0 spiro atoms. The zero-order chi connectivity index (χ0) is 19.2. The lowest BCUT2D eigenvalue weighted by molar-refractivity contribution is -0.120. The van der Waals surface area contributed by atoms with Gasteiger partial charge in [0.05, 0.1) is 10.6 Å². The zero-order valence-electron chi connectivity index (χ0n) is 14.9. The molecule has 2 rings (SSSR count). The standard InChI is InChI=1S/C19H23BrN2O3S/c1-3-8-15(2)21-19(23)14-22(17-10-7-9-16(20)13-17)26(24,25)18-11-5-4-6-12-18/h4-7,9-13,15H,3,8,14H2,1-2H3,(H,21,23)/t15-/m0/s1. The van der Waals surface area contributed by atoms with Gasteiger partial charge in [-0.05, 0) is 43.7 Å². The van der Waals surface area contributed by atoms with E-state index in [-0.39, 0.29) is 23.4 Å². The third-order valence-electron chi connectivity index (χ3n) is 3.84. The van der Waals surface area contributed by atoms with Crippen LogP contribution in [0.1, 0.15) is 26.7 Å². The molecule has 2 aromatic carbocycles. The van der Waals surface area contributed by atoms with Crippen LogP contribution < -0.4 is 9.62 Å². The first-order valence-corrected chi connectivity index (χ1v) is 10.7. The third-order valence-corrected chi connectivity index (χ3v) is 6.13. The number of nitrogens with one attached hydrogen (secondary N) is 1. The van der Waals surface area contributed by atoms with E-state index in [1.54, 1.807) is 42.5 Å². The third kappa shape index (κ3) is 5.32. The lowest BCUT2D eigenvalue weighted by Crippen LogP contribution is -2.43. The summed E-state index contributed by atoms with van der Waals surface area (Å²) >= 11 is 3.36. The Kier molecular flexibility index (Phi) is 7.23. The number of carbonyl (C=O) groups excluding carboxylic acids is 1. The first-order chi connectivity index (χ1) is 12.3. The highest BCUT2D eigenvalue weighted by molar-refractivity contribution is 9.10. The molecule has 0 fully saturated rings. The second kappa shape index (κ2) is 9.19. The number of benzene rings is 2. The monoisotopic (exact) mass is 438 g/mol. The van der Waals surface area contributed by atoms with Crippen molar-refractivity contribution in [2.24, 2.45) is 0 Å². The van der Waals surface area contributed by atoms with Gasteiger partial charge in [-0.1, -0.05) is 53.5 Å². The summed E-state index contributed by atoms with van der Waals surface area (Å²) in [6.07, 6.45) is 1.78. The zero-order valence-corrected chi connectivity index (χ0v) is 17.3. The van der Waals surface area contributed by atoms with Crippen molar-refractivity contribution in [3.63, 3.8) is 0 Å². The van der Waals surface area contributed by atoms with Gasteiger partial charge in [-0.25, -0.2) is 8.42 Å². The lowest BCUT2D eigenvalue weighted by Gasteiger charge is -2.25. The molecule has 1 atom stereocenters. The highest BCUT2D eigenvalue weighted by atomic mass is 79.9. The van der Waals surface area contributed by atoms with Gasteiger partial charge >= 0.3 is 0 Å². The summed E-state index contributed by atoms with van der Waals surface area (Å²) in [4.78, 5) is 12.6. The molecule has 0 bridgehead atoms. The van der Waals surface area contributed by atoms with Crippen LogP contribution in [-0.2, 0) is 14.8 Å². The van der Waals surface area contributed by atoms with E-state index in [0.717, 1.165) is 21.6 Å². The minimum Gasteiger partial charge on any atom is -0.352 e. The minimum absolute atomic E-state index is 0.00344. The number of hydrogen-bond acceptors (Lipinski definition) is 3. The molecule has 7 heteroatoms. The molecule has 0 unspecified atom stereocenters. The maximum absolute atomic E-state index is 13.1. The number of amides is 1. The Balaban J connectivity index is 2.36. The normalized spacial score (nSPS) is 12.4. The summed E-state index contributed by atoms with van der Waals surface area (Å²) in [5.74, 6) is -0.328. The summed E-state index contributed by atoms with van der Waals surface area (Å²) in [6, 6.07) is 15.0. The molecule has 0 radical (unpaired) electrons. The largest absolute Gasteiger partial charge is 0.352 e. The van der Waals surface area contributed by atoms with E-state index in [4.69, 9.17) is 0 Å². The molecule has 0 saturated heterocycles. The number of anilines is 1. The van der Waals surface area contributed by atoms with E-state index in [0.29, 0.717) is 5.69 Å². The van der Waals surface area contributed by atoms with Crippen LogP contribution in [0.4, 0.5) is 5.69 Å². The maximum atomic E-state index is 13.1. The summed E-state index contributed by atoms with van der Waals surface area (Å²) in [5, 5.41) is 2.86. The van der Waals surface area contributed by atoms with Crippen molar-refractivity contribution in [1.82, 2.24) is 5.32 Å². The average Bonchev–Trinajstić information content (AvgIpc) is 2.60. The Labute approximate surface area is 163 Å². The molecule has 0 saturated carbocycles. The quantitative estimate of drug-likeness (QED) is 0.678. The van der Waals surface area contributed by atoms with E-state index < -0.39 is 10.0 Å². The molecule has 0 aliphatic heterocycles. The SMILES string of the molecule is CCC[C@H](C)NC(=O)CN(c1cccc(Br)c1)S(=O)(=O)c1ccccc1. The highest BCUT2D eigenvalue weighted by Gasteiger charge is 2.27. The van der Waals surface area contributed by atoms with Gasteiger partial charge in [0, 0.05) is 10.5 Å². The molecule has 0 aliphatic rings. The van der Waals surface area contributed by atoms with Crippen molar-refractivity contribution in [2.75, 3.05) is 10.8 Å². The Morgan fingerprint density at radius 3 is 2.46 bits per heavy atom. The summed E-state index contributed by atoms with van der Waals surface area (Å²) < 4.78 is 28.1. The molecule has 0 aliphatic carbocycles. The molecule has 0 heterocycles. The molecule has 26 heavy (non-hydrogen) atoms. The first-order valence-electron chi connectivity index (χ1n) is 8.47. The molecule has 140 valence electrons. The van der Waals surface area contributed by atoms with Gasteiger partial charge in [-0.2, -0.15) is 0 Å². The molecular weight excluding hydrogens is 416 g/mol. The highest BCUT2D eigenvalue weighted by Crippen LogP contribution is 2.26. The second-order valence-corrected chi connectivity index (χ2v) is 8.84. The second-order valence-electron chi connectivity index (χ2n) is 6.06. The number of nitrogens with zero attached hydrogens (tertiary/aromatic N) is 1. The van der Waals surface area contributed by atoms with Gasteiger partial charge in [-0.15, -0.1) is 0 Å². The number of halogens is 1. The van der Waals surface area contributed by atoms with Crippen LogP contribution in [-0.4, -0.2) is 26.9 Å². The molecule has 1 N–H and O–H groups in total. The van der Waals surface area contributed by atoms with Gasteiger partial charge in [0.1, 0.15) is 6.54 Å². The molecule has 5 nitrogen and oxygen atoms in total. The Morgan fingerprint density at radius 2 is 1.85 bits per heavy atom. The fourth-order valence-corrected chi connectivity index (χ4v) is 4.44. The van der Waals surface area contributed by atoms with Crippen molar-refractivity contribution in [3.8, 4) is 0 Å². The molecule has 1 amide bonds. The fourth-order valence-electron chi connectivity index (χ4n) is 2.62. The van der Waals surface area contributed by atoms with Crippen molar-refractivity contribution in [3.05, 3.63) is 59.1 Å². The predicted octanol–water partition coefficient (Wildman–Crippen LogP) is 3.95. The lowest BCUT2D eigenvalue weighted by atomic mass is 10.2. The van der Waals surface area contributed by atoms with Crippen molar-refractivity contribution < 1.29 is 13.2 Å². The molecule has 2 aromatic rings. The van der Waals surface area contributed by atoms with Gasteiger partial charge in [0.15, 0.2) is 0 Å².